The number of methoxy groups -OCH3 is 1. The molecule has 0 radical (unpaired) electrons. The fourth-order valence-electron chi connectivity index (χ4n) is 3.62. The lowest BCUT2D eigenvalue weighted by atomic mass is 10.1. The summed E-state index contributed by atoms with van der Waals surface area (Å²) in [6.45, 7) is 5.53. The summed E-state index contributed by atoms with van der Waals surface area (Å²) in [6, 6.07) is 11.7. The number of carbonyl (C=O) groups excluding carboxylic acids is 1. The normalized spacial score (nSPS) is 17.2. The molecule has 6 nitrogen and oxygen atoms in total. The molecule has 1 aromatic carbocycles. The van der Waals surface area contributed by atoms with Crippen LogP contribution in [0.2, 0.25) is 0 Å². The van der Waals surface area contributed by atoms with E-state index in [0.717, 1.165) is 43.9 Å². The third kappa shape index (κ3) is 4.31. The highest BCUT2D eigenvalue weighted by Gasteiger charge is 2.25. The van der Waals surface area contributed by atoms with Crippen LogP contribution in [0.3, 0.4) is 0 Å². The van der Waals surface area contributed by atoms with Crippen LogP contribution in [0.15, 0.2) is 42.6 Å². The number of likely N-dealkylation sites (tertiary alicyclic amines) is 1. The third-order valence-electron chi connectivity index (χ3n) is 4.94. The Kier molecular flexibility index (Phi) is 6.41. The molecule has 3 rings (SSSR count). The first kappa shape index (κ1) is 18.6. The molecule has 0 spiro atoms. The zero-order chi connectivity index (χ0) is 18.4. The van der Waals surface area contributed by atoms with E-state index >= 15 is 0 Å². The number of rotatable bonds is 7. The van der Waals surface area contributed by atoms with Gasteiger partial charge < -0.3 is 15.0 Å². The van der Waals surface area contributed by atoms with E-state index in [9.17, 15) is 4.79 Å². The van der Waals surface area contributed by atoms with Crippen LogP contribution in [0.5, 0.6) is 0 Å². The molecule has 1 aliphatic heterocycles. The van der Waals surface area contributed by atoms with Gasteiger partial charge in [0.1, 0.15) is 5.82 Å². The molecule has 0 unspecified atom stereocenters. The zero-order valence-electron chi connectivity index (χ0n) is 15.6. The number of aromatic nitrogens is 2. The molecule has 2 heterocycles. The van der Waals surface area contributed by atoms with Crippen molar-refractivity contribution in [2.45, 2.75) is 38.3 Å². The molecule has 1 aromatic heterocycles. The summed E-state index contributed by atoms with van der Waals surface area (Å²) in [5, 5.41) is 7.46. The standard InChI is InChI=1S/C20H28N4O2/c1-3-13-23-14-10-17(11-15-23)24-18(9-12-21-24)22-20(25)19(26-2)16-7-5-4-6-8-16/h4-9,12,17,19H,3,10-11,13-15H2,1-2H3,(H,22,25)/t19-/m1/s1. The number of piperidine rings is 1. The Labute approximate surface area is 155 Å². The number of anilines is 1. The summed E-state index contributed by atoms with van der Waals surface area (Å²) in [5.41, 5.74) is 0.839. The van der Waals surface area contributed by atoms with Gasteiger partial charge in [0.2, 0.25) is 0 Å². The fraction of sp³-hybridized carbons (Fsp3) is 0.500. The molecule has 140 valence electrons. The number of carbonyl (C=O) groups is 1. The molecule has 1 fully saturated rings. The van der Waals surface area contributed by atoms with Gasteiger partial charge in [0.05, 0.1) is 12.2 Å². The average Bonchev–Trinajstić information content (AvgIpc) is 3.12. The lowest BCUT2D eigenvalue weighted by Gasteiger charge is -2.32. The molecule has 26 heavy (non-hydrogen) atoms. The maximum Gasteiger partial charge on any atom is 0.259 e. The predicted octanol–water partition coefficient (Wildman–Crippen LogP) is 3.26. The number of nitrogens with one attached hydrogen (secondary N) is 1. The number of hydrogen-bond donors (Lipinski definition) is 1. The van der Waals surface area contributed by atoms with Crippen LogP contribution in [0.4, 0.5) is 5.82 Å². The van der Waals surface area contributed by atoms with Crippen LogP contribution in [-0.4, -0.2) is 47.3 Å². The number of amides is 1. The van der Waals surface area contributed by atoms with Gasteiger partial charge in [-0.2, -0.15) is 5.10 Å². The van der Waals surface area contributed by atoms with Crippen LogP contribution < -0.4 is 5.32 Å². The van der Waals surface area contributed by atoms with E-state index in [1.54, 1.807) is 13.3 Å². The van der Waals surface area contributed by atoms with E-state index in [0.29, 0.717) is 6.04 Å². The second-order valence-electron chi connectivity index (χ2n) is 6.75. The lowest BCUT2D eigenvalue weighted by Crippen LogP contribution is -2.36. The quantitative estimate of drug-likeness (QED) is 0.827. The Morgan fingerprint density at radius 2 is 2.00 bits per heavy atom. The van der Waals surface area contributed by atoms with Crippen molar-refractivity contribution in [3.8, 4) is 0 Å². The summed E-state index contributed by atoms with van der Waals surface area (Å²) in [4.78, 5) is 15.2. The highest BCUT2D eigenvalue weighted by Crippen LogP contribution is 2.26. The van der Waals surface area contributed by atoms with E-state index in [1.165, 1.54) is 6.42 Å². The molecule has 1 amide bonds. The molecule has 1 atom stereocenters. The Bertz CT molecular complexity index is 693. The lowest BCUT2D eigenvalue weighted by molar-refractivity contribution is -0.126. The van der Waals surface area contributed by atoms with Crippen LogP contribution in [0, 0.1) is 0 Å². The van der Waals surface area contributed by atoms with Gasteiger partial charge in [-0.25, -0.2) is 4.68 Å². The molecule has 0 bridgehead atoms. The molecule has 6 heteroatoms. The number of nitrogens with zero attached hydrogens (tertiary/aromatic N) is 3. The molecule has 0 aliphatic carbocycles. The first-order chi connectivity index (χ1) is 12.7. The fourth-order valence-corrected chi connectivity index (χ4v) is 3.62. The van der Waals surface area contributed by atoms with Crippen molar-refractivity contribution in [2.75, 3.05) is 32.1 Å². The summed E-state index contributed by atoms with van der Waals surface area (Å²) < 4.78 is 7.38. The maximum absolute atomic E-state index is 12.7. The van der Waals surface area contributed by atoms with Crippen LogP contribution in [-0.2, 0) is 9.53 Å². The van der Waals surface area contributed by atoms with Crippen molar-refractivity contribution in [3.05, 3.63) is 48.2 Å². The second kappa shape index (κ2) is 8.96. The Morgan fingerprint density at radius 1 is 1.27 bits per heavy atom. The smallest absolute Gasteiger partial charge is 0.259 e. The van der Waals surface area contributed by atoms with E-state index in [2.05, 4.69) is 22.2 Å². The van der Waals surface area contributed by atoms with Crippen molar-refractivity contribution in [3.63, 3.8) is 0 Å². The minimum Gasteiger partial charge on any atom is -0.367 e. The van der Waals surface area contributed by atoms with Gasteiger partial charge in [0.15, 0.2) is 6.10 Å². The van der Waals surface area contributed by atoms with Crippen LogP contribution in [0.1, 0.15) is 43.9 Å². The first-order valence-corrected chi connectivity index (χ1v) is 9.37. The number of hydrogen-bond acceptors (Lipinski definition) is 4. The molecule has 1 N–H and O–H groups in total. The highest BCUT2D eigenvalue weighted by molar-refractivity contribution is 5.94. The molecule has 1 saturated heterocycles. The predicted molar refractivity (Wildman–Crippen MR) is 102 cm³/mol. The first-order valence-electron chi connectivity index (χ1n) is 9.37. The van der Waals surface area contributed by atoms with Gasteiger partial charge in [-0.3, -0.25) is 4.79 Å². The molecule has 1 aliphatic rings. The van der Waals surface area contributed by atoms with Gasteiger partial charge in [-0.15, -0.1) is 0 Å². The molecule has 0 saturated carbocycles. The van der Waals surface area contributed by atoms with Gasteiger partial charge in [-0.1, -0.05) is 37.3 Å². The van der Waals surface area contributed by atoms with Crippen LogP contribution >= 0.6 is 0 Å². The minimum absolute atomic E-state index is 0.177. The number of benzene rings is 1. The van der Waals surface area contributed by atoms with Crippen molar-refractivity contribution < 1.29 is 9.53 Å². The molecule has 2 aromatic rings. The second-order valence-corrected chi connectivity index (χ2v) is 6.75. The Balaban J connectivity index is 1.66. The SMILES string of the molecule is CCCN1CCC(n2nccc2NC(=O)[C@H](OC)c2ccccc2)CC1. The van der Waals surface area contributed by atoms with Crippen molar-refractivity contribution >= 4 is 11.7 Å². The zero-order valence-corrected chi connectivity index (χ0v) is 15.6. The summed E-state index contributed by atoms with van der Waals surface area (Å²) in [6.07, 6.45) is 4.41. The third-order valence-corrected chi connectivity index (χ3v) is 4.94. The van der Waals surface area contributed by atoms with Crippen LogP contribution in [0.25, 0.3) is 0 Å². The van der Waals surface area contributed by atoms with Gasteiger partial charge in [0, 0.05) is 26.3 Å². The van der Waals surface area contributed by atoms with Gasteiger partial charge in [-0.05, 0) is 31.4 Å². The highest BCUT2D eigenvalue weighted by atomic mass is 16.5. The summed E-state index contributed by atoms with van der Waals surface area (Å²) in [5.74, 6) is 0.561. The van der Waals surface area contributed by atoms with E-state index < -0.39 is 6.10 Å². The van der Waals surface area contributed by atoms with E-state index in [1.807, 2.05) is 41.1 Å². The monoisotopic (exact) mass is 356 g/mol. The largest absolute Gasteiger partial charge is 0.367 e. The summed E-state index contributed by atoms with van der Waals surface area (Å²) >= 11 is 0. The Hall–Kier alpha value is -2.18. The van der Waals surface area contributed by atoms with E-state index in [-0.39, 0.29) is 5.91 Å². The maximum atomic E-state index is 12.7. The van der Waals surface area contributed by atoms with Crippen molar-refractivity contribution in [1.82, 2.24) is 14.7 Å². The Morgan fingerprint density at radius 3 is 2.65 bits per heavy atom. The minimum atomic E-state index is -0.633. The number of ether oxygens (including phenoxy) is 1. The van der Waals surface area contributed by atoms with Crippen molar-refractivity contribution in [1.29, 1.82) is 0 Å². The molecular weight excluding hydrogens is 328 g/mol. The van der Waals surface area contributed by atoms with Gasteiger partial charge >= 0.3 is 0 Å². The average molecular weight is 356 g/mol. The van der Waals surface area contributed by atoms with Crippen molar-refractivity contribution in [2.24, 2.45) is 0 Å². The molecular formula is C20H28N4O2. The summed E-state index contributed by atoms with van der Waals surface area (Å²) in [7, 11) is 1.55. The van der Waals surface area contributed by atoms with Gasteiger partial charge in [0.25, 0.3) is 5.91 Å². The topological polar surface area (TPSA) is 59.4 Å². The van der Waals surface area contributed by atoms with E-state index in [4.69, 9.17) is 4.74 Å².